The third-order valence-electron chi connectivity index (χ3n) is 5.96. The quantitative estimate of drug-likeness (QED) is 0.888. The number of likely N-dealkylation sites (tertiary alicyclic amines) is 1. The van der Waals surface area contributed by atoms with Crippen molar-refractivity contribution in [2.24, 2.45) is 5.92 Å². The van der Waals surface area contributed by atoms with Gasteiger partial charge in [-0.1, -0.05) is 11.6 Å². The molecule has 0 bridgehead atoms. The Labute approximate surface area is 143 Å². The van der Waals surface area contributed by atoms with Gasteiger partial charge in [-0.25, -0.2) is 0 Å². The second-order valence-corrected chi connectivity index (χ2v) is 7.61. The molecule has 3 aliphatic heterocycles. The van der Waals surface area contributed by atoms with E-state index in [-0.39, 0.29) is 11.9 Å². The van der Waals surface area contributed by atoms with Crippen molar-refractivity contribution in [2.75, 3.05) is 26.2 Å². The van der Waals surface area contributed by atoms with Crippen LogP contribution in [0.4, 0.5) is 0 Å². The molecule has 1 aromatic rings. The molecule has 4 rings (SSSR count). The highest BCUT2D eigenvalue weighted by atomic mass is 16.5. The van der Waals surface area contributed by atoms with Gasteiger partial charge in [-0.15, -0.1) is 0 Å². The van der Waals surface area contributed by atoms with E-state index in [1.54, 1.807) is 6.26 Å². The highest BCUT2D eigenvalue weighted by molar-refractivity contribution is 5.82. The Hall–Kier alpha value is -1.40. The number of nitrogens with zero attached hydrogens (tertiary/aromatic N) is 3. The summed E-state index contributed by atoms with van der Waals surface area (Å²) in [7, 11) is 0. The molecule has 1 N–H and O–H groups in total. The Balaban J connectivity index is 1.22. The molecule has 3 atom stereocenters. The van der Waals surface area contributed by atoms with E-state index in [0.29, 0.717) is 12.0 Å². The van der Waals surface area contributed by atoms with Gasteiger partial charge in [0.2, 0.25) is 5.91 Å². The van der Waals surface area contributed by atoms with Gasteiger partial charge >= 0.3 is 0 Å². The summed E-state index contributed by atoms with van der Waals surface area (Å²) in [6.45, 7) is 4.87. The van der Waals surface area contributed by atoms with Crippen LogP contribution < -0.4 is 5.32 Å². The van der Waals surface area contributed by atoms with Crippen molar-refractivity contribution in [3.8, 4) is 0 Å². The predicted molar refractivity (Wildman–Crippen MR) is 90.3 cm³/mol. The highest BCUT2D eigenvalue weighted by Crippen LogP contribution is 2.31. The Bertz CT molecular complexity index is 547. The summed E-state index contributed by atoms with van der Waals surface area (Å²) in [6.07, 6.45) is 8.88. The van der Waals surface area contributed by atoms with E-state index < -0.39 is 0 Å². The van der Waals surface area contributed by atoms with Crippen LogP contribution in [0, 0.1) is 5.92 Å². The molecule has 0 aromatic carbocycles. The van der Waals surface area contributed by atoms with Gasteiger partial charge in [0.25, 0.3) is 0 Å². The van der Waals surface area contributed by atoms with Gasteiger partial charge in [-0.05, 0) is 51.1 Å². The second-order valence-electron chi connectivity index (χ2n) is 7.61. The zero-order valence-electron chi connectivity index (χ0n) is 14.3. The Morgan fingerprint density at radius 3 is 3.08 bits per heavy atom. The minimum Gasteiger partial charge on any atom is -0.364 e. The predicted octanol–water partition coefficient (Wildman–Crippen LogP) is 1.63. The molecule has 24 heavy (non-hydrogen) atoms. The first-order chi connectivity index (χ1) is 11.8. The van der Waals surface area contributed by atoms with E-state index in [2.05, 4.69) is 20.3 Å². The van der Waals surface area contributed by atoms with Gasteiger partial charge in [0.05, 0.1) is 11.7 Å². The number of hydrogen-bond donors (Lipinski definition) is 1. The molecule has 6 nitrogen and oxygen atoms in total. The molecule has 0 spiro atoms. The molecule has 1 aromatic heterocycles. The van der Waals surface area contributed by atoms with E-state index in [1.165, 1.54) is 25.7 Å². The smallest absolute Gasteiger partial charge is 0.237 e. The fourth-order valence-electron chi connectivity index (χ4n) is 4.68. The van der Waals surface area contributed by atoms with Crippen LogP contribution in [0.25, 0.3) is 0 Å². The minimum absolute atomic E-state index is 0.128. The van der Waals surface area contributed by atoms with Crippen molar-refractivity contribution < 1.29 is 9.32 Å². The first-order valence-electron chi connectivity index (χ1n) is 9.44. The number of rotatable bonds is 5. The van der Waals surface area contributed by atoms with Gasteiger partial charge in [0.1, 0.15) is 6.26 Å². The number of carbonyl (C=O) groups excluding carboxylic acids is 1. The molecule has 3 fully saturated rings. The molecular formula is C18H28N4O2. The highest BCUT2D eigenvalue weighted by Gasteiger charge is 2.38. The van der Waals surface area contributed by atoms with Crippen LogP contribution in [0.2, 0.25) is 0 Å². The zero-order valence-corrected chi connectivity index (χ0v) is 14.3. The van der Waals surface area contributed by atoms with Gasteiger partial charge in [-0.2, -0.15) is 0 Å². The van der Waals surface area contributed by atoms with Crippen LogP contribution in [-0.4, -0.2) is 59.1 Å². The average Bonchev–Trinajstić information content (AvgIpc) is 3.34. The molecular weight excluding hydrogens is 304 g/mol. The first kappa shape index (κ1) is 16.1. The summed E-state index contributed by atoms with van der Waals surface area (Å²) >= 11 is 0. The van der Waals surface area contributed by atoms with Crippen LogP contribution in [0.3, 0.4) is 0 Å². The molecule has 3 saturated heterocycles. The van der Waals surface area contributed by atoms with Crippen LogP contribution in [0.15, 0.2) is 16.9 Å². The van der Waals surface area contributed by atoms with Crippen molar-refractivity contribution in [1.82, 2.24) is 20.3 Å². The number of nitrogens with one attached hydrogen (secondary N) is 1. The zero-order chi connectivity index (χ0) is 16.4. The molecule has 4 heterocycles. The monoisotopic (exact) mass is 332 g/mol. The summed E-state index contributed by atoms with van der Waals surface area (Å²) in [5, 5.41) is 7.22. The summed E-state index contributed by atoms with van der Waals surface area (Å²) < 4.78 is 4.89. The van der Waals surface area contributed by atoms with E-state index in [9.17, 15) is 4.79 Å². The number of hydrogen-bond acceptors (Lipinski definition) is 5. The van der Waals surface area contributed by atoms with Crippen molar-refractivity contribution in [3.05, 3.63) is 18.0 Å². The maximum absolute atomic E-state index is 12.6. The van der Waals surface area contributed by atoms with Crippen molar-refractivity contribution in [3.63, 3.8) is 0 Å². The van der Waals surface area contributed by atoms with E-state index in [1.807, 2.05) is 6.07 Å². The van der Waals surface area contributed by atoms with Crippen LogP contribution >= 0.6 is 0 Å². The van der Waals surface area contributed by atoms with Crippen LogP contribution in [0.1, 0.15) is 44.2 Å². The van der Waals surface area contributed by atoms with Crippen LogP contribution in [-0.2, 0) is 11.3 Å². The average molecular weight is 332 g/mol. The van der Waals surface area contributed by atoms with E-state index >= 15 is 0 Å². The third kappa shape index (κ3) is 3.49. The van der Waals surface area contributed by atoms with Crippen molar-refractivity contribution in [1.29, 1.82) is 0 Å². The number of fused-ring (bicyclic) bond motifs is 1. The number of piperidine rings is 1. The fourth-order valence-corrected chi connectivity index (χ4v) is 4.68. The largest absolute Gasteiger partial charge is 0.364 e. The Kier molecular flexibility index (Phi) is 4.85. The molecule has 3 aliphatic rings. The normalized spacial score (nSPS) is 31.2. The van der Waals surface area contributed by atoms with E-state index in [4.69, 9.17) is 4.52 Å². The summed E-state index contributed by atoms with van der Waals surface area (Å²) in [5.41, 5.74) is 0.988. The lowest BCUT2D eigenvalue weighted by Crippen LogP contribution is -2.48. The minimum atomic E-state index is 0.128. The number of amides is 1. The molecule has 1 amide bonds. The molecule has 3 unspecified atom stereocenters. The lowest BCUT2D eigenvalue weighted by molar-refractivity contribution is -0.126. The first-order valence-corrected chi connectivity index (χ1v) is 9.44. The summed E-state index contributed by atoms with van der Waals surface area (Å²) in [6, 6.07) is 2.71. The van der Waals surface area contributed by atoms with Gasteiger partial charge in [0, 0.05) is 31.7 Å². The van der Waals surface area contributed by atoms with E-state index in [0.717, 1.165) is 51.3 Å². The molecule has 0 saturated carbocycles. The standard InChI is InChI=1S/C18H28N4O2/c23-18(17-5-4-16-3-1-2-8-22(16)17)19-11-14-6-9-21(12-14)13-15-7-10-24-20-15/h7,10,14,16-17H,1-6,8-9,11-13H2,(H,19,23). The Morgan fingerprint density at radius 1 is 1.25 bits per heavy atom. The molecule has 0 aliphatic carbocycles. The van der Waals surface area contributed by atoms with Gasteiger partial charge in [0.15, 0.2) is 0 Å². The molecule has 132 valence electrons. The van der Waals surface area contributed by atoms with Crippen LogP contribution in [0.5, 0.6) is 0 Å². The van der Waals surface area contributed by atoms with Gasteiger partial charge < -0.3 is 9.84 Å². The fraction of sp³-hybridized carbons (Fsp3) is 0.778. The molecule has 0 radical (unpaired) electrons. The molecule has 6 heteroatoms. The van der Waals surface area contributed by atoms with Crippen molar-refractivity contribution in [2.45, 2.75) is 57.2 Å². The summed E-state index contributed by atoms with van der Waals surface area (Å²) in [4.78, 5) is 17.5. The summed E-state index contributed by atoms with van der Waals surface area (Å²) in [5.74, 6) is 0.814. The maximum atomic E-state index is 12.6. The van der Waals surface area contributed by atoms with Crippen molar-refractivity contribution >= 4 is 5.91 Å². The lowest BCUT2D eigenvalue weighted by Gasteiger charge is -2.33. The SMILES string of the molecule is O=C(NCC1CCN(Cc2ccon2)C1)C1CCC2CCCCN21. The number of carbonyl (C=O) groups is 1. The maximum Gasteiger partial charge on any atom is 0.237 e. The third-order valence-corrected chi connectivity index (χ3v) is 5.96. The van der Waals surface area contributed by atoms with Gasteiger partial charge in [-0.3, -0.25) is 14.6 Å². The lowest BCUT2D eigenvalue weighted by atomic mass is 10.0. The number of aromatic nitrogens is 1. The topological polar surface area (TPSA) is 61.6 Å². The Morgan fingerprint density at radius 2 is 2.21 bits per heavy atom. The second kappa shape index (κ2) is 7.23.